The van der Waals surface area contributed by atoms with Gasteiger partial charge in [0, 0.05) is 30.0 Å². The number of aromatic nitrogens is 2. The van der Waals surface area contributed by atoms with Crippen LogP contribution in [0.4, 0.5) is 9.93 Å². The first kappa shape index (κ1) is 17.0. The van der Waals surface area contributed by atoms with Gasteiger partial charge in [0.2, 0.25) is 5.13 Å². The van der Waals surface area contributed by atoms with Gasteiger partial charge in [-0.3, -0.25) is 0 Å². The zero-order valence-corrected chi connectivity index (χ0v) is 15.1. The third kappa shape index (κ3) is 4.56. The highest BCUT2D eigenvalue weighted by atomic mass is 32.1. The maximum Gasteiger partial charge on any atom is 0.407 e. The average Bonchev–Trinajstić information content (AvgIpc) is 2.91. The monoisotopic (exact) mass is 326 g/mol. The fraction of sp³-hybridized carbons (Fsp3) is 0.800. The highest BCUT2D eigenvalue weighted by molar-refractivity contribution is 7.09. The van der Waals surface area contributed by atoms with E-state index in [4.69, 9.17) is 4.74 Å². The molecule has 1 atom stereocenters. The molecule has 1 saturated heterocycles. The van der Waals surface area contributed by atoms with Crippen LogP contribution in [0.2, 0.25) is 0 Å². The lowest BCUT2D eigenvalue weighted by Crippen LogP contribution is -2.40. The molecule has 1 aromatic heterocycles. The van der Waals surface area contributed by atoms with Crippen LogP contribution in [0.25, 0.3) is 0 Å². The second kappa shape index (κ2) is 6.02. The molecule has 0 spiro atoms. The summed E-state index contributed by atoms with van der Waals surface area (Å²) >= 11 is 1.43. The molecule has 1 aromatic rings. The molecular formula is C15H26N4O2S. The lowest BCUT2D eigenvalue weighted by molar-refractivity contribution is 0.0509. The van der Waals surface area contributed by atoms with Gasteiger partial charge in [-0.15, -0.1) is 0 Å². The maximum absolute atomic E-state index is 11.8. The first-order chi connectivity index (χ1) is 10.0. The number of nitrogens with one attached hydrogen (secondary N) is 1. The fourth-order valence-electron chi connectivity index (χ4n) is 2.17. The van der Waals surface area contributed by atoms with Crippen molar-refractivity contribution in [3.05, 3.63) is 5.82 Å². The maximum atomic E-state index is 11.8. The second-order valence-electron chi connectivity index (χ2n) is 7.73. The molecule has 1 aliphatic rings. The quantitative estimate of drug-likeness (QED) is 0.905. The summed E-state index contributed by atoms with van der Waals surface area (Å²) in [5.74, 6) is 0.871. The lowest BCUT2D eigenvalue weighted by Gasteiger charge is -2.21. The van der Waals surface area contributed by atoms with E-state index >= 15 is 0 Å². The van der Waals surface area contributed by atoms with E-state index < -0.39 is 5.60 Å². The third-order valence-electron chi connectivity index (χ3n) is 3.27. The molecule has 2 rings (SSSR count). The molecule has 7 heteroatoms. The molecule has 6 nitrogen and oxygen atoms in total. The van der Waals surface area contributed by atoms with Crippen molar-refractivity contribution in [2.75, 3.05) is 18.0 Å². The SMILES string of the molecule is CC(C)(C)OC(=O)N[C@H]1CCN(c2nc(C(C)(C)C)ns2)C1. The Morgan fingerprint density at radius 1 is 1.32 bits per heavy atom. The molecule has 1 fully saturated rings. The van der Waals surface area contributed by atoms with Gasteiger partial charge in [0.1, 0.15) is 11.4 Å². The molecule has 1 amide bonds. The van der Waals surface area contributed by atoms with Crippen LogP contribution in [0, 0.1) is 0 Å². The van der Waals surface area contributed by atoms with Crippen LogP contribution in [0.3, 0.4) is 0 Å². The predicted octanol–water partition coefficient (Wildman–Crippen LogP) is 2.94. The largest absolute Gasteiger partial charge is 0.444 e. The Morgan fingerprint density at radius 3 is 2.55 bits per heavy atom. The number of nitrogens with zero attached hydrogens (tertiary/aromatic N) is 3. The number of rotatable bonds is 2. The van der Waals surface area contributed by atoms with Gasteiger partial charge in [-0.2, -0.15) is 4.37 Å². The number of hydrogen-bond acceptors (Lipinski definition) is 6. The normalized spacial score (nSPS) is 19.4. The molecule has 22 heavy (non-hydrogen) atoms. The van der Waals surface area contributed by atoms with Crippen LogP contribution in [-0.2, 0) is 10.2 Å². The van der Waals surface area contributed by atoms with E-state index in [-0.39, 0.29) is 17.6 Å². The first-order valence-electron chi connectivity index (χ1n) is 7.63. The van der Waals surface area contributed by atoms with Gasteiger partial charge in [0.25, 0.3) is 0 Å². The third-order valence-corrected chi connectivity index (χ3v) is 4.04. The van der Waals surface area contributed by atoms with Crippen LogP contribution < -0.4 is 10.2 Å². The first-order valence-corrected chi connectivity index (χ1v) is 8.40. The van der Waals surface area contributed by atoms with Gasteiger partial charge < -0.3 is 15.0 Å². The van der Waals surface area contributed by atoms with E-state index in [0.29, 0.717) is 0 Å². The Balaban J connectivity index is 1.90. The van der Waals surface area contributed by atoms with Crippen LogP contribution >= 0.6 is 11.5 Å². The van der Waals surface area contributed by atoms with Crippen molar-refractivity contribution in [2.24, 2.45) is 0 Å². The summed E-state index contributed by atoms with van der Waals surface area (Å²) in [6.45, 7) is 13.5. The van der Waals surface area contributed by atoms with E-state index in [0.717, 1.165) is 30.5 Å². The number of carbonyl (C=O) groups excluding carboxylic acids is 1. The lowest BCUT2D eigenvalue weighted by atomic mass is 9.96. The van der Waals surface area contributed by atoms with Crippen LogP contribution in [0.5, 0.6) is 0 Å². The Bertz CT molecular complexity index is 530. The van der Waals surface area contributed by atoms with E-state index in [1.165, 1.54) is 11.5 Å². The molecule has 0 saturated carbocycles. The van der Waals surface area contributed by atoms with Crippen molar-refractivity contribution < 1.29 is 9.53 Å². The van der Waals surface area contributed by atoms with E-state index in [1.807, 2.05) is 20.8 Å². The molecule has 124 valence electrons. The number of alkyl carbamates (subject to hydrolysis) is 1. The van der Waals surface area contributed by atoms with Crippen molar-refractivity contribution in [3.63, 3.8) is 0 Å². The van der Waals surface area contributed by atoms with Gasteiger partial charge >= 0.3 is 6.09 Å². The summed E-state index contributed by atoms with van der Waals surface area (Å²) in [7, 11) is 0. The summed E-state index contributed by atoms with van der Waals surface area (Å²) in [5.41, 5.74) is -0.508. The molecule has 2 heterocycles. The predicted molar refractivity (Wildman–Crippen MR) is 88.6 cm³/mol. The van der Waals surface area contributed by atoms with Gasteiger partial charge in [-0.25, -0.2) is 9.78 Å². The van der Waals surface area contributed by atoms with Gasteiger partial charge in [0.15, 0.2) is 0 Å². The van der Waals surface area contributed by atoms with Crippen molar-refractivity contribution in [1.29, 1.82) is 0 Å². The fourth-order valence-corrected chi connectivity index (χ4v) is 3.07. The highest BCUT2D eigenvalue weighted by Gasteiger charge is 2.29. The van der Waals surface area contributed by atoms with Gasteiger partial charge in [-0.05, 0) is 27.2 Å². The van der Waals surface area contributed by atoms with Crippen molar-refractivity contribution in [2.45, 2.75) is 65.0 Å². The molecule has 1 aliphatic heterocycles. The minimum Gasteiger partial charge on any atom is -0.444 e. The Kier molecular flexibility index (Phi) is 4.65. The Hall–Kier alpha value is -1.37. The molecular weight excluding hydrogens is 300 g/mol. The van der Waals surface area contributed by atoms with Crippen LogP contribution in [0.1, 0.15) is 53.8 Å². The molecule has 0 aromatic carbocycles. The molecule has 0 aliphatic carbocycles. The summed E-state index contributed by atoms with van der Waals surface area (Å²) in [6, 6.07) is 0.0943. The topological polar surface area (TPSA) is 67.3 Å². The van der Waals surface area contributed by atoms with E-state index in [9.17, 15) is 4.79 Å². The Morgan fingerprint density at radius 2 is 2.00 bits per heavy atom. The molecule has 1 N–H and O–H groups in total. The van der Waals surface area contributed by atoms with Crippen LogP contribution in [0.15, 0.2) is 0 Å². The number of carbonyl (C=O) groups is 1. The Labute approximate surface area is 136 Å². The summed E-state index contributed by atoms with van der Waals surface area (Å²) in [6.07, 6.45) is 0.538. The van der Waals surface area contributed by atoms with Crippen molar-refractivity contribution in [1.82, 2.24) is 14.7 Å². The second-order valence-corrected chi connectivity index (χ2v) is 8.46. The number of ether oxygens (including phenoxy) is 1. The van der Waals surface area contributed by atoms with Crippen molar-refractivity contribution in [3.8, 4) is 0 Å². The van der Waals surface area contributed by atoms with Gasteiger partial charge in [-0.1, -0.05) is 20.8 Å². The van der Waals surface area contributed by atoms with Crippen LogP contribution in [-0.4, -0.2) is 40.2 Å². The minimum atomic E-state index is -0.469. The number of anilines is 1. The smallest absolute Gasteiger partial charge is 0.407 e. The van der Waals surface area contributed by atoms with Crippen molar-refractivity contribution >= 4 is 22.8 Å². The van der Waals surface area contributed by atoms with E-state index in [2.05, 4.69) is 40.3 Å². The molecule has 0 radical (unpaired) electrons. The zero-order valence-electron chi connectivity index (χ0n) is 14.3. The van der Waals surface area contributed by atoms with E-state index in [1.54, 1.807) is 0 Å². The summed E-state index contributed by atoms with van der Waals surface area (Å²) < 4.78 is 9.74. The number of amides is 1. The van der Waals surface area contributed by atoms with Gasteiger partial charge in [0.05, 0.1) is 6.04 Å². The molecule has 0 unspecified atom stereocenters. The molecule has 0 bridgehead atoms. The standard InChI is InChI=1S/C15H26N4O2S/c1-14(2,3)11-17-12(22-18-11)19-8-7-10(9-19)16-13(20)21-15(4,5)6/h10H,7-9H2,1-6H3,(H,16,20)/t10-/m0/s1. The highest BCUT2D eigenvalue weighted by Crippen LogP contribution is 2.27. The minimum absolute atomic E-state index is 0.0390. The summed E-state index contributed by atoms with van der Waals surface area (Å²) in [5, 5.41) is 3.85. The zero-order chi connectivity index (χ0) is 16.5. The number of hydrogen-bond donors (Lipinski definition) is 1. The summed E-state index contributed by atoms with van der Waals surface area (Å²) in [4.78, 5) is 18.6. The average molecular weight is 326 g/mol.